The summed E-state index contributed by atoms with van der Waals surface area (Å²) in [6.07, 6.45) is 0. The Balaban J connectivity index is 2.38. The van der Waals surface area contributed by atoms with E-state index < -0.39 is 10.4 Å². The van der Waals surface area contributed by atoms with Crippen LogP contribution in [0.25, 0.3) is 0 Å². The van der Waals surface area contributed by atoms with Crippen molar-refractivity contribution >= 4 is 10.4 Å². The minimum absolute atomic E-state index is 0.569. The Morgan fingerprint density at radius 2 is 2.00 bits per heavy atom. The normalized spacial score (nSPS) is 21.1. The minimum atomic E-state index is -4.23. The zero-order valence-electron chi connectivity index (χ0n) is 3.94. The van der Waals surface area contributed by atoms with Crippen molar-refractivity contribution in [1.82, 2.24) is 5.06 Å². The third-order valence-corrected chi connectivity index (χ3v) is 1.00. The lowest BCUT2D eigenvalue weighted by atomic mass is 11.0. The second-order valence-corrected chi connectivity index (χ2v) is 2.44. The van der Waals surface area contributed by atoms with Gasteiger partial charge in [0.05, 0.1) is 0 Å². The highest BCUT2D eigenvalue weighted by molar-refractivity contribution is 7.80. The molecule has 0 bridgehead atoms. The van der Waals surface area contributed by atoms with E-state index in [-0.39, 0.29) is 0 Å². The van der Waals surface area contributed by atoms with E-state index in [9.17, 15) is 8.42 Å². The van der Waals surface area contributed by atoms with Crippen LogP contribution in [0.15, 0.2) is 0 Å². The van der Waals surface area contributed by atoms with Crippen molar-refractivity contribution in [2.24, 2.45) is 0 Å². The third kappa shape index (κ3) is 2.22. The smallest absolute Gasteiger partial charge is 0.262 e. The van der Waals surface area contributed by atoms with Crippen LogP contribution in [0.4, 0.5) is 0 Å². The molecule has 0 aromatic carbocycles. The van der Waals surface area contributed by atoms with Gasteiger partial charge in [0.25, 0.3) is 0 Å². The van der Waals surface area contributed by atoms with Gasteiger partial charge in [-0.25, -0.2) is 0 Å². The Kier molecular flexibility index (Phi) is 1.24. The van der Waals surface area contributed by atoms with Crippen molar-refractivity contribution in [1.29, 1.82) is 0 Å². The highest BCUT2D eigenvalue weighted by Crippen LogP contribution is 2.05. The van der Waals surface area contributed by atoms with Gasteiger partial charge in [0.15, 0.2) is 0 Å². The number of rotatable bonds is 2. The first-order valence-electron chi connectivity index (χ1n) is 2.00. The molecule has 1 fully saturated rings. The van der Waals surface area contributed by atoms with E-state index in [4.69, 9.17) is 4.55 Å². The van der Waals surface area contributed by atoms with Crippen LogP contribution >= 0.6 is 0 Å². The van der Waals surface area contributed by atoms with Crippen LogP contribution in [0.2, 0.25) is 0 Å². The molecule has 8 heavy (non-hydrogen) atoms. The van der Waals surface area contributed by atoms with Crippen LogP contribution in [0, 0.1) is 0 Å². The number of hydroxylamine groups is 2. The first kappa shape index (κ1) is 5.96. The van der Waals surface area contributed by atoms with Crippen molar-refractivity contribution < 1.29 is 17.3 Å². The van der Waals surface area contributed by atoms with Gasteiger partial charge >= 0.3 is 10.4 Å². The molecule has 48 valence electrons. The average Bonchev–Trinajstić information content (AvgIpc) is 2.12. The summed E-state index contributed by atoms with van der Waals surface area (Å²) in [4.78, 5) is 0. The summed E-state index contributed by atoms with van der Waals surface area (Å²) in [6, 6.07) is 0. The van der Waals surface area contributed by atoms with Crippen molar-refractivity contribution in [3.05, 3.63) is 0 Å². The fraction of sp³-hybridized carbons (Fsp3) is 1.00. The Labute approximate surface area is 46.8 Å². The van der Waals surface area contributed by atoms with Gasteiger partial charge in [0, 0.05) is 13.1 Å². The summed E-state index contributed by atoms with van der Waals surface area (Å²) in [5.41, 5.74) is 0. The Morgan fingerprint density at radius 1 is 1.50 bits per heavy atom. The van der Waals surface area contributed by atoms with E-state index in [1.54, 1.807) is 0 Å². The predicted octanol–water partition coefficient (Wildman–Crippen LogP) is -0.964. The van der Waals surface area contributed by atoms with Crippen molar-refractivity contribution in [2.45, 2.75) is 0 Å². The lowest BCUT2D eigenvalue weighted by Gasteiger charge is -1.93. The molecule has 1 N–H and O–H groups in total. The summed E-state index contributed by atoms with van der Waals surface area (Å²) in [6.45, 7) is 1.14. The summed E-state index contributed by atoms with van der Waals surface area (Å²) < 4.78 is 31.4. The summed E-state index contributed by atoms with van der Waals surface area (Å²) in [7, 11) is -4.23. The van der Waals surface area contributed by atoms with Crippen LogP contribution in [0.5, 0.6) is 0 Å². The van der Waals surface area contributed by atoms with Crippen molar-refractivity contribution in [2.75, 3.05) is 13.1 Å². The molecular weight excluding hydrogens is 134 g/mol. The fourth-order valence-electron chi connectivity index (χ4n) is 0.249. The number of nitrogens with zero attached hydrogens (tertiary/aromatic N) is 1. The molecule has 1 saturated heterocycles. The van der Waals surface area contributed by atoms with Gasteiger partial charge in [0.1, 0.15) is 0 Å². The molecule has 1 heterocycles. The maximum absolute atomic E-state index is 9.77. The second kappa shape index (κ2) is 1.66. The molecular formula is C2H5NO4S. The Bertz CT molecular complexity index is 168. The summed E-state index contributed by atoms with van der Waals surface area (Å²) in [5.74, 6) is 0. The van der Waals surface area contributed by atoms with Crippen LogP contribution in [-0.4, -0.2) is 31.1 Å². The monoisotopic (exact) mass is 139 g/mol. The first-order valence-corrected chi connectivity index (χ1v) is 3.36. The van der Waals surface area contributed by atoms with Gasteiger partial charge in [-0.05, 0) is 0 Å². The second-order valence-electron chi connectivity index (χ2n) is 1.43. The highest BCUT2D eigenvalue weighted by Gasteiger charge is 2.24. The number of hydrogen-bond acceptors (Lipinski definition) is 4. The maximum atomic E-state index is 9.77. The molecule has 0 aliphatic carbocycles. The zero-order chi connectivity index (χ0) is 6.20. The van der Waals surface area contributed by atoms with Gasteiger partial charge in [-0.3, -0.25) is 4.55 Å². The summed E-state index contributed by atoms with van der Waals surface area (Å²) in [5, 5.41) is 1.12. The topological polar surface area (TPSA) is 66.6 Å². The van der Waals surface area contributed by atoms with E-state index in [1.165, 1.54) is 0 Å². The molecule has 0 saturated carbocycles. The van der Waals surface area contributed by atoms with Crippen LogP contribution in [0.1, 0.15) is 0 Å². The SMILES string of the molecule is O=S(=O)(O)ON1CC1. The number of hydrogen-bond donors (Lipinski definition) is 1. The highest BCUT2D eigenvalue weighted by atomic mass is 32.3. The van der Waals surface area contributed by atoms with E-state index in [0.717, 1.165) is 5.06 Å². The molecule has 0 aromatic rings. The largest absolute Gasteiger partial charge is 0.413 e. The minimum Gasteiger partial charge on any atom is -0.262 e. The Morgan fingerprint density at radius 3 is 2.12 bits per heavy atom. The molecule has 0 atom stereocenters. The van der Waals surface area contributed by atoms with Crippen molar-refractivity contribution in [3.63, 3.8) is 0 Å². The maximum Gasteiger partial charge on any atom is 0.413 e. The summed E-state index contributed by atoms with van der Waals surface area (Å²) >= 11 is 0. The Hall–Kier alpha value is -0.170. The standard InChI is InChI=1S/C2H5NO4S/c4-8(5,6)7-3-1-2-3/h1-2H2,(H,4,5,6). The molecule has 1 aliphatic rings. The van der Waals surface area contributed by atoms with Crippen molar-refractivity contribution in [3.8, 4) is 0 Å². The molecule has 0 aromatic heterocycles. The van der Waals surface area contributed by atoms with Gasteiger partial charge in [-0.1, -0.05) is 0 Å². The van der Waals surface area contributed by atoms with Crippen LogP contribution in [0.3, 0.4) is 0 Å². The average molecular weight is 139 g/mol. The molecule has 0 radical (unpaired) electrons. The van der Waals surface area contributed by atoms with Gasteiger partial charge in [0.2, 0.25) is 0 Å². The van der Waals surface area contributed by atoms with Crippen LogP contribution in [-0.2, 0) is 14.7 Å². The quantitative estimate of drug-likeness (QED) is 0.394. The lowest BCUT2D eigenvalue weighted by Crippen LogP contribution is -2.07. The van der Waals surface area contributed by atoms with E-state index >= 15 is 0 Å². The van der Waals surface area contributed by atoms with E-state index in [1.807, 2.05) is 0 Å². The van der Waals surface area contributed by atoms with Crippen LogP contribution < -0.4 is 0 Å². The van der Waals surface area contributed by atoms with Gasteiger partial charge in [-0.15, -0.1) is 0 Å². The predicted molar refractivity (Wildman–Crippen MR) is 24.2 cm³/mol. The third-order valence-electron chi connectivity index (χ3n) is 0.606. The zero-order valence-corrected chi connectivity index (χ0v) is 4.76. The van der Waals surface area contributed by atoms with E-state index in [2.05, 4.69) is 4.28 Å². The van der Waals surface area contributed by atoms with E-state index in [0.29, 0.717) is 13.1 Å². The molecule has 0 spiro atoms. The molecule has 1 rings (SSSR count). The van der Waals surface area contributed by atoms with Gasteiger partial charge < -0.3 is 0 Å². The lowest BCUT2D eigenvalue weighted by molar-refractivity contribution is 0.0609. The van der Waals surface area contributed by atoms with Gasteiger partial charge in [-0.2, -0.15) is 17.8 Å². The first-order chi connectivity index (χ1) is 3.58. The molecule has 5 nitrogen and oxygen atoms in total. The fourth-order valence-corrected chi connectivity index (χ4v) is 0.664. The molecule has 0 unspecified atom stereocenters. The molecule has 1 aliphatic heterocycles. The molecule has 6 heteroatoms. The molecule has 0 amide bonds.